The topological polar surface area (TPSA) is 29.5 Å². The molecule has 3 atom stereocenters. The average molecular weight is 239 g/mol. The van der Waals surface area contributed by atoms with E-state index in [0.717, 1.165) is 12.0 Å². The lowest BCUT2D eigenvalue weighted by molar-refractivity contribution is -0.144. The first kappa shape index (κ1) is 12.9. The van der Waals surface area contributed by atoms with E-state index in [-0.39, 0.29) is 5.97 Å². The van der Waals surface area contributed by atoms with Gasteiger partial charge in [0, 0.05) is 25.0 Å². The van der Waals surface area contributed by atoms with Crippen molar-refractivity contribution in [3.05, 3.63) is 0 Å². The number of esters is 1. The Bertz CT molecular complexity index is 277. The molecule has 1 aliphatic heterocycles. The van der Waals surface area contributed by atoms with Crippen molar-refractivity contribution in [2.24, 2.45) is 11.8 Å². The van der Waals surface area contributed by atoms with Crippen LogP contribution in [0.1, 0.15) is 46.5 Å². The molecule has 0 N–H and O–H groups in total. The van der Waals surface area contributed by atoms with E-state index in [4.69, 9.17) is 4.74 Å². The molecule has 0 radical (unpaired) electrons. The third-order valence-corrected chi connectivity index (χ3v) is 4.42. The Morgan fingerprint density at radius 2 is 2.18 bits per heavy atom. The molecule has 0 amide bonds. The number of fused-ring (bicyclic) bond motifs is 2. The Morgan fingerprint density at radius 3 is 2.82 bits per heavy atom. The van der Waals surface area contributed by atoms with Crippen LogP contribution in [0.3, 0.4) is 0 Å². The first-order chi connectivity index (χ1) is 8.11. The molecular weight excluding hydrogens is 214 g/mol. The summed E-state index contributed by atoms with van der Waals surface area (Å²) in [4.78, 5) is 14.2. The molecule has 2 fully saturated rings. The van der Waals surface area contributed by atoms with Gasteiger partial charge >= 0.3 is 5.97 Å². The summed E-state index contributed by atoms with van der Waals surface area (Å²) in [6.45, 7) is 8.14. The standard InChI is InChI=1S/C14H25NO2/c1-4-17-14(16)8-11-5-6-13-7-12(11)9-15(13)10(2)3/h10-13H,4-9H2,1-3H3. The van der Waals surface area contributed by atoms with Crippen LogP contribution in [0.4, 0.5) is 0 Å². The molecule has 0 aromatic heterocycles. The number of rotatable bonds is 4. The lowest BCUT2D eigenvalue weighted by atomic mass is 9.78. The smallest absolute Gasteiger partial charge is 0.306 e. The molecular formula is C14H25NO2. The maximum absolute atomic E-state index is 11.6. The monoisotopic (exact) mass is 239 g/mol. The molecule has 0 spiro atoms. The molecule has 1 aliphatic carbocycles. The molecule has 2 bridgehead atoms. The summed E-state index contributed by atoms with van der Waals surface area (Å²) in [7, 11) is 0. The summed E-state index contributed by atoms with van der Waals surface area (Å²) in [6.07, 6.45) is 4.40. The summed E-state index contributed by atoms with van der Waals surface area (Å²) >= 11 is 0. The number of hydrogen-bond donors (Lipinski definition) is 0. The largest absolute Gasteiger partial charge is 0.466 e. The van der Waals surface area contributed by atoms with Gasteiger partial charge < -0.3 is 4.74 Å². The molecule has 0 aromatic rings. The fraction of sp³-hybridized carbons (Fsp3) is 0.929. The number of carbonyl (C=O) groups is 1. The second-order valence-corrected chi connectivity index (χ2v) is 5.79. The fourth-order valence-electron chi connectivity index (χ4n) is 3.58. The molecule has 2 rings (SSSR count). The van der Waals surface area contributed by atoms with Gasteiger partial charge in [-0.15, -0.1) is 0 Å². The van der Waals surface area contributed by atoms with Gasteiger partial charge in [-0.25, -0.2) is 0 Å². The van der Waals surface area contributed by atoms with Gasteiger partial charge in [-0.3, -0.25) is 9.69 Å². The maximum atomic E-state index is 11.6. The van der Waals surface area contributed by atoms with E-state index in [1.165, 1.54) is 25.8 Å². The van der Waals surface area contributed by atoms with Gasteiger partial charge in [-0.05, 0) is 51.9 Å². The fourth-order valence-corrected chi connectivity index (χ4v) is 3.58. The third-order valence-electron chi connectivity index (χ3n) is 4.42. The Morgan fingerprint density at radius 1 is 1.41 bits per heavy atom. The van der Waals surface area contributed by atoms with Crippen LogP contribution < -0.4 is 0 Å². The van der Waals surface area contributed by atoms with Crippen molar-refractivity contribution in [1.29, 1.82) is 0 Å². The first-order valence-corrected chi connectivity index (χ1v) is 7.03. The number of likely N-dealkylation sites (tertiary alicyclic amines) is 1. The van der Waals surface area contributed by atoms with Crippen molar-refractivity contribution in [2.45, 2.75) is 58.5 Å². The van der Waals surface area contributed by atoms with Crippen molar-refractivity contribution >= 4 is 5.97 Å². The zero-order valence-corrected chi connectivity index (χ0v) is 11.3. The second kappa shape index (κ2) is 5.38. The minimum Gasteiger partial charge on any atom is -0.466 e. The highest BCUT2D eigenvalue weighted by Gasteiger charge is 2.41. The maximum Gasteiger partial charge on any atom is 0.306 e. The van der Waals surface area contributed by atoms with E-state index >= 15 is 0 Å². The van der Waals surface area contributed by atoms with Crippen molar-refractivity contribution < 1.29 is 9.53 Å². The molecule has 1 saturated carbocycles. The summed E-state index contributed by atoms with van der Waals surface area (Å²) in [6, 6.07) is 1.42. The molecule has 98 valence electrons. The van der Waals surface area contributed by atoms with Crippen LogP contribution in [-0.2, 0) is 9.53 Å². The van der Waals surface area contributed by atoms with Crippen molar-refractivity contribution in [3.63, 3.8) is 0 Å². The van der Waals surface area contributed by atoms with Crippen molar-refractivity contribution in [2.75, 3.05) is 13.2 Å². The molecule has 17 heavy (non-hydrogen) atoms. The van der Waals surface area contributed by atoms with E-state index in [9.17, 15) is 4.79 Å². The Balaban J connectivity index is 1.89. The predicted molar refractivity (Wildman–Crippen MR) is 67.7 cm³/mol. The molecule has 3 heteroatoms. The molecule has 2 aliphatic rings. The van der Waals surface area contributed by atoms with Crippen molar-refractivity contribution in [3.8, 4) is 0 Å². The Kier molecular flexibility index (Phi) is 4.08. The van der Waals surface area contributed by atoms with E-state index in [1.54, 1.807) is 0 Å². The van der Waals surface area contributed by atoms with Crippen LogP contribution in [0.25, 0.3) is 0 Å². The number of hydrogen-bond acceptors (Lipinski definition) is 3. The van der Waals surface area contributed by atoms with Gasteiger partial charge in [0.05, 0.1) is 6.61 Å². The summed E-state index contributed by atoms with van der Waals surface area (Å²) in [5.74, 6) is 1.29. The molecule has 1 saturated heterocycles. The quantitative estimate of drug-likeness (QED) is 0.706. The molecule has 3 unspecified atom stereocenters. The summed E-state index contributed by atoms with van der Waals surface area (Å²) in [5.41, 5.74) is 0. The molecule has 3 nitrogen and oxygen atoms in total. The highest BCUT2D eigenvalue weighted by atomic mass is 16.5. The van der Waals surface area contributed by atoms with E-state index < -0.39 is 0 Å². The van der Waals surface area contributed by atoms with Gasteiger partial charge in [0.15, 0.2) is 0 Å². The van der Waals surface area contributed by atoms with Gasteiger partial charge in [-0.2, -0.15) is 0 Å². The normalized spacial score (nSPS) is 33.1. The highest BCUT2D eigenvalue weighted by Crippen LogP contribution is 2.41. The SMILES string of the molecule is CCOC(=O)CC1CCC2CC1CN2C(C)C. The van der Waals surface area contributed by atoms with Crippen LogP contribution in [0.5, 0.6) is 0 Å². The summed E-state index contributed by atoms with van der Waals surface area (Å²) in [5, 5.41) is 0. The number of carbonyl (C=O) groups excluding carboxylic acids is 1. The zero-order valence-electron chi connectivity index (χ0n) is 11.3. The van der Waals surface area contributed by atoms with E-state index in [2.05, 4.69) is 18.7 Å². The van der Waals surface area contributed by atoms with Crippen LogP contribution in [-0.4, -0.2) is 36.1 Å². The lowest BCUT2D eigenvalue weighted by Crippen LogP contribution is -2.34. The van der Waals surface area contributed by atoms with Gasteiger partial charge in [-0.1, -0.05) is 0 Å². The van der Waals surface area contributed by atoms with Gasteiger partial charge in [0.25, 0.3) is 0 Å². The first-order valence-electron chi connectivity index (χ1n) is 7.03. The number of nitrogens with zero attached hydrogens (tertiary/aromatic N) is 1. The highest BCUT2D eigenvalue weighted by molar-refractivity contribution is 5.69. The van der Waals surface area contributed by atoms with Crippen LogP contribution in [0.15, 0.2) is 0 Å². The van der Waals surface area contributed by atoms with E-state index in [1.807, 2.05) is 6.92 Å². The van der Waals surface area contributed by atoms with Crippen LogP contribution in [0.2, 0.25) is 0 Å². The zero-order chi connectivity index (χ0) is 12.4. The van der Waals surface area contributed by atoms with Crippen molar-refractivity contribution in [1.82, 2.24) is 4.90 Å². The second-order valence-electron chi connectivity index (χ2n) is 5.79. The van der Waals surface area contributed by atoms with Crippen LogP contribution in [0, 0.1) is 11.8 Å². The Hall–Kier alpha value is -0.570. The average Bonchev–Trinajstić information content (AvgIpc) is 2.62. The predicted octanol–water partition coefficient (Wildman–Crippen LogP) is 2.45. The number of ether oxygens (including phenoxy) is 1. The Labute approximate surface area is 105 Å². The minimum atomic E-state index is -0.000975. The molecule has 0 aromatic carbocycles. The van der Waals surface area contributed by atoms with E-state index in [0.29, 0.717) is 25.0 Å². The van der Waals surface area contributed by atoms with Gasteiger partial charge in [0.1, 0.15) is 0 Å². The summed E-state index contributed by atoms with van der Waals surface area (Å²) < 4.78 is 5.07. The van der Waals surface area contributed by atoms with Crippen LogP contribution >= 0.6 is 0 Å². The molecule has 1 heterocycles. The third kappa shape index (κ3) is 2.82. The minimum absolute atomic E-state index is 0.000975. The van der Waals surface area contributed by atoms with Gasteiger partial charge in [0.2, 0.25) is 0 Å². The lowest BCUT2D eigenvalue weighted by Gasteiger charge is -2.29.